The molecule has 0 saturated carbocycles. The van der Waals surface area contributed by atoms with Gasteiger partial charge in [0.1, 0.15) is 8.96 Å². The zero-order chi connectivity index (χ0) is 9.72. The smallest absolute Gasteiger partial charge is 0.106 e. The van der Waals surface area contributed by atoms with E-state index in [1.54, 1.807) is 0 Å². The van der Waals surface area contributed by atoms with E-state index in [0.717, 1.165) is 12.1 Å². The number of rotatable bonds is 5. The summed E-state index contributed by atoms with van der Waals surface area (Å²) in [5.41, 5.74) is 0. The maximum atomic E-state index is 2.75. The van der Waals surface area contributed by atoms with Crippen molar-refractivity contribution in [2.45, 2.75) is 65.7 Å². The maximum Gasteiger partial charge on any atom is 0.106 e. The Bertz CT molecular complexity index is 104. The van der Waals surface area contributed by atoms with Gasteiger partial charge in [0.15, 0.2) is 0 Å². The molecule has 0 heterocycles. The molecule has 0 fully saturated rings. The third-order valence-electron chi connectivity index (χ3n) is 2.80. The standard InChI is InChI=1S/C10H25NSi/c1-7-9(3)11(12(5)6)10(4)8-2/h9-10,12H,7-8H2,1-6H3. The molecule has 2 heteroatoms. The first-order chi connectivity index (χ1) is 5.54. The van der Waals surface area contributed by atoms with E-state index in [4.69, 9.17) is 0 Å². The molecule has 0 aliphatic rings. The summed E-state index contributed by atoms with van der Waals surface area (Å²) in [6, 6.07) is 1.57. The van der Waals surface area contributed by atoms with Gasteiger partial charge in [-0.05, 0) is 24.9 Å². The summed E-state index contributed by atoms with van der Waals surface area (Å²) in [6.07, 6.45) is 2.57. The van der Waals surface area contributed by atoms with Gasteiger partial charge in [-0.2, -0.15) is 0 Å². The average Bonchev–Trinajstić information content (AvgIpc) is 2.03. The van der Waals surface area contributed by atoms with Crippen molar-refractivity contribution in [3.63, 3.8) is 0 Å². The molecule has 74 valence electrons. The Labute approximate surface area is 79.8 Å². The van der Waals surface area contributed by atoms with E-state index >= 15 is 0 Å². The zero-order valence-corrected chi connectivity index (χ0v) is 10.7. The van der Waals surface area contributed by atoms with Gasteiger partial charge in [-0.15, -0.1) is 0 Å². The van der Waals surface area contributed by atoms with Gasteiger partial charge >= 0.3 is 0 Å². The van der Waals surface area contributed by atoms with Crippen molar-refractivity contribution in [3.05, 3.63) is 0 Å². The van der Waals surface area contributed by atoms with Gasteiger partial charge in [0.25, 0.3) is 0 Å². The summed E-state index contributed by atoms with van der Waals surface area (Å²) in [7, 11) is -0.603. The van der Waals surface area contributed by atoms with Crippen LogP contribution in [0, 0.1) is 0 Å². The van der Waals surface area contributed by atoms with Crippen molar-refractivity contribution >= 4 is 8.96 Å². The predicted molar refractivity (Wildman–Crippen MR) is 60.2 cm³/mol. The number of nitrogens with zero attached hydrogens (tertiary/aromatic N) is 1. The fourth-order valence-corrected chi connectivity index (χ4v) is 4.33. The van der Waals surface area contributed by atoms with Gasteiger partial charge in [-0.1, -0.05) is 40.8 Å². The largest absolute Gasteiger partial charge is 0.322 e. The molecule has 1 nitrogen and oxygen atoms in total. The van der Waals surface area contributed by atoms with Crippen LogP contribution in [0.5, 0.6) is 0 Å². The Morgan fingerprint density at radius 2 is 1.33 bits per heavy atom. The Morgan fingerprint density at radius 1 is 1.00 bits per heavy atom. The lowest BCUT2D eigenvalue weighted by Gasteiger charge is -2.37. The Morgan fingerprint density at radius 3 is 1.50 bits per heavy atom. The molecule has 2 atom stereocenters. The van der Waals surface area contributed by atoms with E-state index in [9.17, 15) is 0 Å². The minimum Gasteiger partial charge on any atom is -0.322 e. The molecule has 0 aliphatic carbocycles. The molecule has 2 unspecified atom stereocenters. The van der Waals surface area contributed by atoms with E-state index < -0.39 is 8.96 Å². The monoisotopic (exact) mass is 187 g/mol. The zero-order valence-electron chi connectivity index (χ0n) is 9.59. The molecule has 0 amide bonds. The van der Waals surface area contributed by atoms with E-state index in [1.165, 1.54) is 12.8 Å². The first kappa shape index (κ1) is 12.2. The summed E-state index contributed by atoms with van der Waals surface area (Å²) in [5.74, 6) is 0. The molecular weight excluding hydrogens is 162 g/mol. The normalized spacial score (nSPS) is 17.0. The molecule has 0 aromatic heterocycles. The third kappa shape index (κ3) is 3.28. The van der Waals surface area contributed by atoms with Crippen LogP contribution in [0.25, 0.3) is 0 Å². The second-order valence-corrected chi connectivity index (χ2v) is 6.84. The van der Waals surface area contributed by atoms with Crippen molar-refractivity contribution in [1.29, 1.82) is 0 Å². The van der Waals surface area contributed by atoms with Crippen LogP contribution in [0.2, 0.25) is 13.1 Å². The molecule has 0 spiro atoms. The highest BCUT2D eigenvalue weighted by molar-refractivity contribution is 6.52. The Kier molecular flexibility index (Phi) is 5.84. The first-order valence-corrected chi connectivity index (χ1v) is 8.14. The second-order valence-electron chi connectivity index (χ2n) is 4.06. The van der Waals surface area contributed by atoms with Crippen LogP contribution in [-0.2, 0) is 0 Å². The van der Waals surface area contributed by atoms with Gasteiger partial charge in [0.2, 0.25) is 0 Å². The molecule has 0 bridgehead atoms. The molecular formula is C10H25NSi. The van der Waals surface area contributed by atoms with Crippen LogP contribution in [0.3, 0.4) is 0 Å². The van der Waals surface area contributed by atoms with Crippen LogP contribution < -0.4 is 0 Å². The number of hydrogen-bond acceptors (Lipinski definition) is 1. The molecule has 0 radical (unpaired) electrons. The van der Waals surface area contributed by atoms with E-state index in [2.05, 4.69) is 45.4 Å². The highest BCUT2D eigenvalue weighted by atomic mass is 28.3. The van der Waals surface area contributed by atoms with Crippen molar-refractivity contribution in [2.75, 3.05) is 0 Å². The van der Waals surface area contributed by atoms with Crippen LogP contribution >= 0.6 is 0 Å². The van der Waals surface area contributed by atoms with E-state index in [1.807, 2.05) is 0 Å². The van der Waals surface area contributed by atoms with E-state index in [-0.39, 0.29) is 0 Å². The Balaban J connectivity index is 4.21. The van der Waals surface area contributed by atoms with E-state index in [0.29, 0.717) is 0 Å². The minimum atomic E-state index is -0.603. The third-order valence-corrected chi connectivity index (χ3v) is 5.01. The topological polar surface area (TPSA) is 3.24 Å². The van der Waals surface area contributed by atoms with Gasteiger partial charge in [-0.3, -0.25) is 0 Å². The van der Waals surface area contributed by atoms with Crippen LogP contribution in [0.15, 0.2) is 0 Å². The SMILES string of the molecule is CCC(C)N(C(C)CC)[SiH](C)C. The summed E-state index contributed by atoms with van der Waals surface area (Å²) >= 11 is 0. The lowest BCUT2D eigenvalue weighted by molar-refractivity contribution is 0.263. The van der Waals surface area contributed by atoms with Crippen molar-refractivity contribution in [2.24, 2.45) is 0 Å². The highest BCUT2D eigenvalue weighted by Gasteiger charge is 2.20. The molecule has 0 N–H and O–H groups in total. The summed E-state index contributed by atoms with van der Waals surface area (Å²) < 4.78 is 2.75. The fraction of sp³-hybridized carbons (Fsp3) is 1.00. The lowest BCUT2D eigenvalue weighted by atomic mass is 10.2. The van der Waals surface area contributed by atoms with Crippen LogP contribution in [0.4, 0.5) is 0 Å². The molecule has 0 aromatic carbocycles. The van der Waals surface area contributed by atoms with Gasteiger partial charge in [0, 0.05) is 0 Å². The summed E-state index contributed by atoms with van der Waals surface area (Å²) in [5, 5.41) is 0. The average molecular weight is 187 g/mol. The second kappa shape index (κ2) is 5.76. The van der Waals surface area contributed by atoms with Crippen LogP contribution in [0.1, 0.15) is 40.5 Å². The van der Waals surface area contributed by atoms with Crippen LogP contribution in [-0.4, -0.2) is 25.6 Å². The quantitative estimate of drug-likeness (QED) is 0.598. The minimum absolute atomic E-state index is 0.603. The molecule has 0 saturated heterocycles. The molecule has 12 heavy (non-hydrogen) atoms. The van der Waals surface area contributed by atoms with Gasteiger partial charge in [-0.25, -0.2) is 0 Å². The Hall–Kier alpha value is 0.177. The molecule has 0 rings (SSSR count). The molecule has 0 aromatic rings. The fourth-order valence-electron chi connectivity index (χ4n) is 1.87. The van der Waals surface area contributed by atoms with Crippen molar-refractivity contribution < 1.29 is 0 Å². The summed E-state index contributed by atoms with van der Waals surface area (Å²) in [4.78, 5) is 0. The lowest BCUT2D eigenvalue weighted by Crippen LogP contribution is -2.46. The van der Waals surface area contributed by atoms with Gasteiger partial charge in [0.05, 0.1) is 0 Å². The van der Waals surface area contributed by atoms with Crippen molar-refractivity contribution in [1.82, 2.24) is 4.57 Å². The predicted octanol–water partition coefficient (Wildman–Crippen LogP) is 2.87. The summed E-state index contributed by atoms with van der Waals surface area (Å²) in [6.45, 7) is 14.2. The van der Waals surface area contributed by atoms with Crippen molar-refractivity contribution in [3.8, 4) is 0 Å². The number of hydrogen-bond donors (Lipinski definition) is 0. The van der Waals surface area contributed by atoms with Gasteiger partial charge < -0.3 is 4.57 Å². The highest BCUT2D eigenvalue weighted by Crippen LogP contribution is 2.13. The first-order valence-electron chi connectivity index (χ1n) is 5.31. The molecule has 0 aliphatic heterocycles. The maximum absolute atomic E-state index is 2.75.